The molecule has 0 atom stereocenters. The summed E-state index contributed by atoms with van der Waals surface area (Å²) in [6.07, 6.45) is -2.39. The molecular weight excluding hydrogens is 397 g/mol. The van der Waals surface area contributed by atoms with E-state index in [4.69, 9.17) is 9.47 Å². The number of ether oxygens (including phenoxy) is 3. The Balaban J connectivity index is 1.88. The van der Waals surface area contributed by atoms with Crippen LogP contribution >= 0.6 is 0 Å². The summed E-state index contributed by atoms with van der Waals surface area (Å²) in [7, 11) is 1.41. The number of hydrogen-bond donors (Lipinski definition) is 0. The van der Waals surface area contributed by atoms with Crippen molar-refractivity contribution in [1.29, 1.82) is 0 Å². The lowest BCUT2D eigenvalue weighted by Crippen LogP contribution is -2.16. The van der Waals surface area contributed by atoms with Crippen LogP contribution in [-0.2, 0) is 9.53 Å². The maximum absolute atomic E-state index is 12.2. The monoisotopic (exact) mass is 412 g/mol. The molecule has 3 rings (SSSR count). The van der Waals surface area contributed by atoms with Crippen molar-refractivity contribution in [2.45, 2.75) is 6.36 Å². The lowest BCUT2D eigenvalue weighted by molar-refractivity contribution is -0.274. The maximum atomic E-state index is 12.2. The number of fused-ring (bicyclic) bond motifs is 1. The van der Waals surface area contributed by atoms with Crippen molar-refractivity contribution in [1.82, 2.24) is 0 Å². The molecule has 0 aliphatic rings. The average molecular weight is 412 g/mol. The van der Waals surface area contributed by atoms with Crippen LogP contribution in [-0.4, -0.2) is 19.4 Å². The predicted octanol–water partition coefficient (Wildman–Crippen LogP) is 5.20. The molecule has 0 N–H and O–H groups in total. The van der Waals surface area contributed by atoms with E-state index in [1.165, 1.54) is 37.6 Å². The minimum Gasteiger partial charge on any atom is -0.504 e. The first-order valence-corrected chi connectivity index (χ1v) is 8.66. The van der Waals surface area contributed by atoms with Crippen molar-refractivity contribution in [3.8, 4) is 23.3 Å². The van der Waals surface area contributed by atoms with Crippen LogP contribution in [0.1, 0.15) is 11.1 Å². The zero-order chi connectivity index (χ0) is 21.6. The number of rotatable bonds is 4. The van der Waals surface area contributed by atoms with Gasteiger partial charge in [-0.1, -0.05) is 36.1 Å². The lowest BCUT2D eigenvalue weighted by atomic mass is 10.1. The van der Waals surface area contributed by atoms with Gasteiger partial charge in [-0.05, 0) is 41.8 Å². The summed E-state index contributed by atoms with van der Waals surface area (Å²) in [4.78, 5) is 11.9. The third kappa shape index (κ3) is 5.79. The third-order valence-corrected chi connectivity index (χ3v) is 3.81. The minimum absolute atomic E-state index is 0.322. The summed E-state index contributed by atoms with van der Waals surface area (Å²) < 4.78 is 50.7. The van der Waals surface area contributed by atoms with Crippen molar-refractivity contribution >= 4 is 16.7 Å². The van der Waals surface area contributed by atoms with Crippen molar-refractivity contribution in [2.75, 3.05) is 7.11 Å². The summed E-state index contributed by atoms with van der Waals surface area (Å²) in [6.45, 7) is 0. The zero-order valence-corrected chi connectivity index (χ0v) is 15.7. The molecule has 4 nitrogen and oxygen atoms in total. The molecule has 0 heterocycles. The molecule has 0 fully saturated rings. The molecule has 0 saturated heterocycles. The van der Waals surface area contributed by atoms with Gasteiger partial charge in [0.05, 0.1) is 19.4 Å². The number of benzene rings is 3. The molecule has 3 aromatic carbocycles. The molecule has 0 aliphatic carbocycles. The van der Waals surface area contributed by atoms with Gasteiger partial charge in [0.2, 0.25) is 0 Å². The van der Waals surface area contributed by atoms with Gasteiger partial charge in [-0.15, -0.1) is 13.2 Å². The Bertz CT molecular complexity index is 1140. The normalized spacial score (nSPS) is 11.1. The smallest absolute Gasteiger partial charge is 0.504 e. The van der Waals surface area contributed by atoms with Gasteiger partial charge in [0.1, 0.15) is 11.5 Å². The molecule has 0 unspecified atom stereocenters. The van der Waals surface area contributed by atoms with Crippen LogP contribution in [0.3, 0.4) is 0 Å². The van der Waals surface area contributed by atoms with Crippen LogP contribution in [0, 0.1) is 11.8 Å². The quantitative estimate of drug-likeness (QED) is 0.194. The van der Waals surface area contributed by atoms with E-state index < -0.39 is 12.3 Å². The molecule has 0 spiro atoms. The molecule has 3 aromatic rings. The Morgan fingerprint density at radius 1 is 0.967 bits per heavy atom. The third-order valence-electron chi connectivity index (χ3n) is 3.81. The largest absolute Gasteiger partial charge is 0.573 e. The first kappa shape index (κ1) is 20.8. The van der Waals surface area contributed by atoms with E-state index in [9.17, 15) is 18.0 Å². The second-order valence-corrected chi connectivity index (χ2v) is 5.98. The predicted molar refractivity (Wildman–Crippen MR) is 105 cm³/mol. The SMILES string of the molecule is CO/C=C/C(=O)Oc1cc(C#Cc2ccc(OC(F)(F)F)cc2)cc2ccccc12. The number of esters is 1. The fourth-order valence-corrected chi connectivity index (χ4v) is 2.58. The van der Waals surface area contributed by atoms with Gasteiger partial charge in [0, 0.05) is 16.5 Å². The molecular formula is C23H15F3O4. The number of halogens is 3. The van der Waals surface area contributed by atoms with Crippen LogP contribution in [0.15, 0.2) is 73.0 Å². The topological polar surface area (TPSA) is 44.8 Å². The summed E-state index contributed by atoms with van der Waals surface area (Å²) >= 11 is 0. The van der Waals surface area contributed by atoms with Gasteiger partial charge >= 0.3 is 12.3 Å². The molecule has 0 bridgehead atoms. The highest BCUT2D eigenvalue weighted by molar-refractivity contribution is 5.93. The molecule has 0 saturated carbocycles. The highest BCUT2D eigenvalue weighted by atomic mass is 19.4. The van der Waals surface area contributed by atoms with Crippen LogP contribution in [0.5, 0.6) is 11.5 Å². The summed E-state index contributed by atoms with van der Waals surface area (Å²) in [5.41, 5.74) is 1.07. The van der Waals surface area contributed by atoms with E-state index >= 15 is 0 Å². The lowest BCUT2D eigenvalue weighted by Gasteiger charge is -2.08. The fraction of sp³-hybridized carbons (Fsp3) is 0.0870. The molecule has 0 radical (unpaired) electrons. The minimum atomic E-state index is -4.75. The van der Waals surface area contributed by atoms with Crippen molar-refractivity contribution in [3.05, 3.63) is 84.1 Å². The Morgan fingerprint density at radius 2 is 1.67 bits per heavy atom. The Labute approximate surface area is 170 Å². The molecule has 7 heteroatoms. The number of carbonyl (C=O) groups excluding carboxylic acids is 1. The molecule has 0 amide bonds. The highest BCUT2D eigenvalue weighted by Crippen LogP contribution is 2.28. The van der Waals surface area contributed by atoms with E-state index in [1.807, 2.05) is 30.3 Å². The second-order valence-electron chi connectivity index (χ2n) is 5.98. The van der Waals surface area contributed by atoms with Gasteiger partial charge in [0.15, 0.2) is 0 Å². The van der Waals surface area contributed by atoms with Crippen LogP contribution in [0.2, 0.25) is 0 Å². The van der Waals surface area contributed by atoms with Crippen molar-refractivity contribution in [3.63, 3.8) is 0 Å². The summed E-state index contributed by atoms with van der Waals surface area (Å²) in [5.74, 6) is 5.20. The van der Waals surface area contributed by atoms with Crippen molar-refractivity contribution in [2.24, 2.45) is 0 Å². The van der Waals surface area contributed by atoms with Gasteiger partial charge in [-0.25, -0.2) is 4.79 Å². The summed E-state index contributed by atoms with van der Waals surface area (Å²) in [5, 5.41) is 1.55. The van der Waals surface area contributed by atoms with Crippen LogP contribution in [0.25, 0.3) is 10.8 Å². The number of hydrogen-bond acceptors (Lipinski definition) is 4. The van der Waals surface area contributed by atoms with Gasteiger partial charge in [0.25, 0.3) is 0 Å². The van der Waals surface area contributed by atoms with Crippen LogP contribution < -0.4 is 9.47 Å². The number of methoxy groups -OCH3 is 1. The summed E-state index contributed by atoms with van der Waals surface area (Å²) in [6, 6.07) is 16.0. The Kier molecular flexibility index (Phi) is 6.28. The Morgan fingerprint density at radius 3 is 2.37 bits per heavy atom. The van der Waals surface area contributed by atoms with Crippen LogP contribution in [0.4, 0.5) is 13.2 Å². The van der Waals surface area contributed by atoms with Gasteiger partial charge in [-0.3, -0.25) is 0 Å². The highest BCUT2D eigenvalue weighted by Gasteiger charge is 2.30. The zero-order valence-electron chi connectivity index (χ0n) is 15.7. The average Bonchev–Trinajstić information content (AvgIpc) is 2.70. The van der Waals surface area contributed by atoms with Crippen molar-refractivity contribution < 1.29 is 32.2 Å². The van der Waals surface area contributed by atoms with E-state index in [1.54, 1.807) is 6.07 Å². The molecule has 0 aliphatic heterocycles. The van der Waals surface area contributed by atoms with E-state index in [2.05, 4.69) is 16.6 Å². The number of carbonyl (C=O) groups is 1. The van der Waals surface area contributed by atoms with E-state index in [-0.39, 0.29) is 5.75 Å². The Hall–Kier alpha value is -3.92. The van der Waals surface area contributed by atoms with E-state index in [0.717, 1.165) is 16.8 Å². The standard InChI is InChI=1S/C23H15F3O4/c1-28-13-12-22(27)29-21-15-17(14-18-4-2-3-5-20(18)21)7-6-16-8-10-19(11-9-16)30-23(24,25)26/h2-5,8-15H,1H3/b13-12+. The molecule has 30 heavy (non-hydrogen) atoms. The first-order chi connectivity index (χ1) is 14.3. The van der Waals surface area contributed by atoms with Gasteiger partial charge < -0.3 is 14.2 Å². The maximum Gasteiger partial charge on any atom is 0.573 e. The van der Waals surface area contributed by atoms with Gasteiger partial charge in [-0.2, -0.15) is 0 Å². The molecule has 0 aromatic heterocycles. The number of alkyl halides is 3. The first-order valence-electron chi connectivity index (χ1n) is 8.66. The molecule has 152 valence electrons. The second kappa shape index (κ2) is 9.05. The fourth-order valence-electron chi connectivity index (χ4n) is 2.58. The van der Waals surface area contributed by atoms with E-state index in [0.29, 0.717) is 16.9 Å².